The van der Waals surface area contributed by atoms with Gasteiger partial charge in [-0.15, -0.1) is 0 Å². The van der Waals surface area contributed by atoms with E-state index < -0.39 is 351 Å². The number of carbonyl (C=O) groups is 9. The number of aliphatic carboxylic acids is 4. The van der Waals surface area contributed by atoms with E-state index in [1.165, 1.54) is 0 Å². The molecule has 0 spiro atoms. The standard InChI is InChI=1S/C58H93N5O47/c1-16(73)59-35-44(103-50-43(90)42(89)37(84)22(7-65)102-50)41(88)26(101-49(35)91)15-100-55(51(92)93)2-17(74)32(61-28(80)12-70)46(107-55)38(85)23(8-66)105-57(53(96)97)4-19(76)34(63-30(82)14-72)48(109-57)40(87)25(10-68)106-58(54(98)99)5-20(77)33(62-29(81)13-71)47(110-58)39(86)24(9-67)104-56(52(94)95)3-18(75)31(60-27(79)11-69)45(108-56)36(83)21(78)6-64/h17-26,31-50,64-72,74-78,83-91H,2-15H2,1H3,(H,59,73)(H,60,79)(H,61,80)(H,62,81)(H,63,82)(H,92,93)(H,94,95)(H,96,97)(H,98,99)/t17-,18-,19-,20-,21+,22+,23+,24+,25+,26+,31+,32+,33+,34+,35+,36+,37-,38+,39+,40+,41-,42-,43+,44+,45+,46+,47+,48+,49?,50-,55+,56+,57+,58+/m0/s1. The van der Waals surface area contributed by atoms with Crippen LogP contribution in [0.15, 0.2) is 0 Å². The molecule has 6 heterocycles. The molecule has 0 radical (unpaired) electrons. The van der Waals surface area contributed by atoms with Gasteiger partial charge in [0.25, 0.3) is 23.1 Å². The predicted molar refractivity (Wildman–Crippen MR) is 332 cm³/mol. The number of carboxylic acid groups (broad SMARTS) is 4. The molecule has 52 nitrogen and oxygen atoms in total. The Bertz CT molecular complexity index is 3120. The van der Waals surface area contributed by atoms with Gasteiger partial charge in [-0.2, -0.15) is 0 Å². The number of carbonyl (C=O) groups excluding carboxylic acids is 5. The fourth-order valence-electron chi connectivity index (χ4n) is 13.2. The first kappa shape index (κ1) is 92.7. The molecule has 5 amide bonds. The highest BCUT2D eigenvalue weighted by atomic mass is 16.8. The van der Waals surface area contributed by atoms with E-state index in [-0.39, 0.29) is 0 Å². The van der Waals surface area contributed by atoms with Crippen molar-refractivity contribution in [3.63, 3.8) is 0 Å². The second-order valence-corrected chi connectivity index (χ2v) is 26.3. The van der Waals surface area contributed by atoms with Crippen LogP contribution in [0.3, 0.4) is 0 Å². The molecule has 110 heavy (non-hydrogen) atoms. The van der Waals surface area contributed by atoms with Gasteiger partial charge in [-0.05, 0) is 0 Å². The topological polar surface area (TPSA) is 862 Å². The molecule has 34 atom stereocenters. The van der Waals surface area contributed by atoms with E-state index in [0.29, 0.717) is 0 Å². The molecule has 632 valence electrons. The van der Waals surface area contributed by atoms with Crippen LogP contribution >= 0.6 is 0 Å². The lowest BCUT2D eigenvalue weighted by atomic mass is 9.86. The third-order valence-electron chi connectivity index (χ3n) is 18.8. The number of ether oxygens (including phenoxy) is 11. The summed E-state index contributed by atoms with van der Waals surface area (Å²) < 4.78 is 61.5. The number of hydrogen-bond acceptors (Lipinski definition) is 43. The maximum atomic E-state index is 13.7. The number of rotatable bonds is 37. The molecule has 6 aliphatic rings. The van der Waals surface area contributed by atoms with Crippen molar-refractivity contribution in [3.8, 4) is 0 Å². The summed E-state index contributed by atoms with van der Waals surface area (Å²) in [5.41, 5.74) is 0. The highest BCUT2D eigenvalue weighted by molar-refractivity contribution is 5.81. The molecule has 6 saturated heterocycles. The zero-order valence-corrected chi connectivity index (χ0v) is 57.5. The first-order valence-corrected chi connectivity index (χ1v) is 33.3. The van der Waals surface area contributed by atoms with Gasteiger partial charge in [-0.1, -0.05) is 0 Å². The van der Waals surface area contributed by atoms with E-state index in [1.807, 2.05) is 21.3 Å². The molecule has 6 aliphatic heterocycles. The van der Waals surface area contributed by atoms with Gasteiger partial charge >= 0.3 is 23.9 Å². The van der Waals surface area contributed by atoms with Crippen molar-refractivity contribution in [2.45, 2.75) is 239 Å². The Hall–Kier alpha value is -6.13. The summed E-state index contributed by atoms with van der Waals surface area (Å²) in [6.45, 7) is -13.8. The van der Waals surface area contributed by atoms with Crippen molar-refractivity contribution in [2.24, 2.45) is 0 Å². The molecule has 52 heteroatoms. The van der Waals surface area contributed by atoms with E-state index in [1.54, 1.807) is 0 Å². The van der Waals surface area contributed by atoms with Crippen LogP contribution < -0.4 is 26.6 Å². The van der Waals surface area contributed by atoms with Gasteiger partial charge in [-0.3, -0.25) is 24.0 Å². The average Bonchev–Trinajstić information content (AvgIpc) is 0.755. The summed E-state index contributed by atoms with van der Waals surface area (Å²) in [6, 6.07) is -10.8. The van der Waals surface area contributed by atoms with Crippen LogP contribution in [0.25, 0.3) is 0 Å². The molecule has 6 fully saturated rings. The van der Waals surface area contributed by atoms with E-state index in [2.05, 4.69) is 5.32 Å². The zero-order chi connectivity index (χ0) is 82.7. The molecule has 1 unspecified atom stereocenters. The Morgan fingerprint density at radius 2 is 0.727 bits per heavy atom. The molecular formula is C58H93N5O47. The molecule has 0 saturated carbocycles. The largest absolute Gasteiger partial charge is 0.477 e. The molecule has 6 rings (SSSR count). The van der Waals surface area contributed by atoms with Crippen LogP contribution in [-0.2, 0) is 95.3 Å². The van der Waals surface area contributed by atoms with Crippen molar-refractivity contribution in [2.75, 3.05) is 66.1 Å². The average molecular weight is 1610 g/mol. The summed E-state index contributed by atoms with van der Waals surface area (Å²) in [5.74, 6) is -30.8. The minimum atomic E-state index is -3.79. The number of carboxylic acids is 4. The van der Waals surface area contributed by atoms with Crippen molar-refractivity contribution in [1.82, 2.24) is 26.6 Å². The SMILES string of the molecule is CC(=O)N[C@H]1C(O)O[C@H](CO[C@]2(C(=O)O)C[C@H](O)[C@@H](NC(=O)CO)[C@H]([C@H](O)[C@@H](CO)O[C@]3(C(=O)O)C[C@H](O)[C@@H](NC(=O)CO)[C@H]([C@H](O)[C@@H](CO)O[C@]4(C(=O)O)C[C@H](O)[C@@H](NC(=O)CO)[C@H]([C@H](O)[C@@H](CO)O[C@]5(C(=O)O)C[C@H](O)[C@@H](NC(=O)CO)[C@H]([C@H](O)[C@H](O)CO)O5)O4)O3)O2)[C@H](O)[C@@H]1O[C@@H]1O[C@H](CO)[C@H](O)[C@H](O)[C@H]1O. The number of nitrogens with one attached hydrogen (secondary N) is 5. The van der Waals surface area contributed by atoms with Gasteiger partial charge in [0, 0.05) is 32.6 Å². The van der Waals surface area contributed by atoms with E-state index in [9.17, 15) is 181 Å². The highest BCUT2D eigenvalue weighted by Crippen LogP contribution is 2.43. The number of hydrogen-bond donors (Lipinski definition) is 32. The van der Waals surface area contributed by atoms with Crippen LogP contribution in [0.4, 0.5) is 0 Å². The maximum Gasteiger partial charge on any atom is 0.364 e. The highest BCUT2D eigenvalue weighted by Gasteiger charge is 2.65. The number of aliphatic hydroxyl groups excluding tert-OH is 23. The molecule has 0 aromatic carbocycles. The fourth-order valence-corrected chi connectivity index (χ4v) is 13.2. The maximum absolute atomic E-state index is 13.7. The first-order chi connectivity index (χ1) is 51.5. The normalized spacial score (nSPS) is 39.1. The van der Waals surface area contributed by atoms with Crippen molar-refractivity contribution in [1.29, 1.82) is 0 Å². The molecular weight excluding hydrogens is 1520 g/mol. The van der Waals surface area contributed by atoms with Gasteiger partial charge in [-0.25, -0.2) is 19.2 Å². The molecule has 0 aromatic heterocycles. The minimum absolute atomic E-state index is 0.915. The number of aliphatic hydroxyl groups is 23. The predicted octanol–water partition coefficient (Wildman–Crippen LogP) is -20.7. The zero-order valence-electron chi connectivity index (χ0n) is 57.5. The van der Waals surface area contributed by atoms with Gasteiger partial charge in [0.05, 0.1) is 88.2 Å². The Labute approximate surface area is 616 Å². The summed E-state index contributed by atoms with van der Waals surface area (Å²) in [5, 5.41) is 303. The van der Waals surface area contributed by atoms with Crippen molar-refractivity contribution in [3.05, 3.63) is 0 Å². The molecule has 0 aliphatic carbocycles. The van der Waals surface area contributed by atoms with Crippen molar-refractivity contribution < 1.29 is 233 Å². The second-order valence-electron chi connectivity index (χ2n) is 26.3. The fraction of sp³-hybridized carbons (Fsp3) is 0.845. The van der Waals surface area contributed by atoms with E-state index >= 15 is 0 Å². The Kier molecular flexibility index (Phi) is 33.1. The lowest BCUT2D eigenvalue weighted by molar-refractivity contribution is -0.363. The van der Waals surface area contributed by atoms with Crippen LogP contribution in [-0.4, -0.2) is 464 Å². The van der Waals surface area contributed by atoms with Gasteiger partial charge in [0.15, 0.2) is 12.6 Å². The molecule has 0 aromatic rings. The van der Waals surface area contributed by atoms with Gasteiger partial charge in [0.2, 0.25) is 29.5 Å². The van der Waals surface area contributed by atoms with E-state index in [4.69, 9.17) is 52.1 Å². The molecule has 0 bridgehead atoms. The Balaban J connectivity index is 1.35. The third-order valence-corrected chi connectivity index (χ3v) is 18.8. The lowest BCUT2D eigenvalue weighted by Crippen LogP contribution is -2.72. The Morgan fingerprint density at radius 3 is 1.03 bits per heavy atom. The summed E-state index contributed by atoms with van der Waals surface area (Å²) in [4.78, 5) is 117. The second kappa shape index (κ2) is 39.3. The van der Waals surface area contributed by atoms with Crippen LogP contribution in [0.5, 0.6) is 0 Å². The number of amides is 5. The quantitative estimate of drug-likeness (QED) is 0.0275. The Morgan fingerprint density at radius 1 is 0.400 bits per heavy atom. The molecule has 32 N–H and O–H groups in total. The lowest BCUT2D eigenvalue weighted by Gasteiger charge is -2.51. The minimum Gasteiger partial charge on any atom is -0.477 e. The third kappa shape index (κ3) is 20.5. The van der Waals surface area contributed by atoms with E-state index in [0.717, 1.165) is 6.92 Å². The van der Waals surface area contributed by atoms with Crippen molar-refractivity contribution >= 4 is 53.4 Å². The smallest absolute Gasteiger partial charge is 0.364 e. The summed E-state index contributed by atoms with van der Waals surface area (Å²) >= 11 is 0. The van der Waals surface area contributed by atoms with Gasteiger partial charge in [0.1, 0.15) is 148 Å². The monoisotopic (exact) mass is 1610 g/mol. The van der Waals surface area contributed by atoms with Crippen LogP contribution in [0.2, 0.25) is 0 Å². The van der Waals surface area contributed by atoms with Gasteiger partial charge < -0.3 is 217 Å². The van der Waals surface area contributed by atoms with Crippen LogP contribution in [0.1, 0.15) is 32.6 Å². The first-order valence-electron chi connectivity index (χ1n) is 33.3. The van der Waals surface area contributed by atoms with Crippen LogP contribution in [0, 0.1) is 0 Å². The summed E-state index contributed by atoms with van der Waals surface area (Å²) in [6.07, 6.45) is -67.3. The summed E-state index contributed by atoms with van der Waals surface area (Å²) in [7, 11) is 0.